The molecule has 1 aromatic rings. The van der Waals surface area contributed by atoms with Crippen molar-refractivity contribution in [2.24, 2.45) is 5.73 Å². The molecule has 0 aromatic heterocycles. The van der Waals surface area contributed by atoms with Crippen molar-refractivity contribution in [2.75, 3.05) is 23.7 Å². The van der Waals surface area contributed by atoms with Gasteiger partial charge in [-0.05, 0) is 24.3 Å². The number of halogens is 1. The predicted molar refractivity (Wildman–Crippen MR) is 57.6 cm³/mol. The van der Waals surface area contributed by atoms with Crippen LogP contribution >= 0.6 is 0 Å². The molecule has 0 heterocycles. The molecule has 2 N–H and O–H groups in total. The van der Waals surface area contributed by atoms with Gasteiger partial charge in [0.05, 0.1) is 11.4 Å². The first kappa shape index (κ1) is 11.9. The summed E-state index contributed by atoms with van der Waals surface area (Å²) in [7, 11) is -1.98. The normalized spacial score (nSPS) is 11.4. The Kier molecular flexibility index (Phi) is 3.65. The molecule has 0 saturated heterocycles. The van der Waals surface area contributed by atoms with E-state index in [1.54, 1.807) is 0 Å². The quantitative estimate of drug-likeness (QED) is 0.824. The van der Waals surface area contributed by atoms with Gasteiger partial charge >= 0.3 is 0 Å². The van der Waals surface area contributed by atoms with E-state index in [2.05, 4.69) is 0 Å². The van der Waals surface area contributed by atoms with Gasteiger partial charge in [-0.15, -0.1) is 0 Å². The van der Waals surface area contributed by atoms with E-state index >= 15 is 0 Å². The molecule has 0 saturated carbocycles. The van der Waals surface area contributed by atoms with Crippen LogP contribution in [0.25, 0.3) is 0 Å². The number of benzene rings is 1. The summed E-state index contributed by atoms with van der Waals surface area (Å²) in [6.45, 7) is 0.0634. The monoisotopic (exact) mass is 232 g/mol. The lowest BCUT2D eigenvalue weighted by molar-refractivity contribution is 0.594. The number of hydrogen-bond acceptors (Lipinski definition) is 3. The second kappa shape index (κ2) is 4.59. The molecule has 1 aromatic carbocycles. The summed E-state index contributed by atoms with van der Waals surface area (Å²) in [6.07, 6.45) is 0. The number of nitrogens with two attached hydrogens (primary N) is 1. The number of nitrogens with zero attached hydrogens (tertiary/aromatic N) is 1. The van der Waals surface area contributed by atoms with Crippen LogP contribution in [0.5, 0.6) is 0 Å². The zero-order valence-corrected chi connectivity index (χ0v) is 9.17. The molecule has 1 rings (SSSR count). The Hall–Kier alpha value is -1.14. The van der Waals surface area contributed by atoms with Crippen LogP contribution < -0.4 is 10.0 Å². The Morgan fingerprint density at radius 2 is 1.87 bits per heavy atom. The molecule has 0 radical (unpaired) electrons. The van der Waals surface area contributed by atoms with Gasteiger partial charge in [0.1, 0.15) is 5.82 Å². The van der Waals surface area contributed by atoms with E-state index < -0.39 is 15.8 Å². The van der Waals surface area contributed by atoms with Crippen molar-refractivity contribution in [1.82, 2.24) is 0 Å². The van der Waals surface area contributed by atoms with E-state index in [1.807, 2.05) is 0 Å². The van der Waals surface area contributed by atoms with E-state index in [1.165, 1.54) is 31.3 Å². The summed E-state index contributed by atoms with van der Waals surface area (Å²) in [5, 5.41) is 0. The van der Waals surface area contributed by atoms with E-state index in [4.69, 9.17) is 5.73 Å². The van der Waals surface area contributed by atoms with Gasteiger partial charge in [0.15, 0.2) is 0 Å². The van der Waals surface area contributed by atoms with Crippen molar-refractivity contribution in [3.63, 3.8) is 0 Å². The van der Waals surface area contributed by atoms with Crippen molar-refractivity contribution in [1.29, 1.82) is 0 Å². The van der Waals surface area contributed by atoms with Crippen LogP contribution in [0.2, 0.25) is 0 Å². The maximum Gasteiger partial charge on any atom is 0.236 e. The average Bonchev–Trinajstić information content (AvgIpc) is 2.18. The van der Waals surface area contributed by atoms with E-state index in [0.717, 1.165) is 4.31 Å². The Morgan fingerprint density at radius 3 is 2.33 bits per heavy atom. The van der Waals surface area contributed by atoms with Gasteiger partial charge in [0, 0.05) is 13.6 Å². The van der Waals surface area contributed by atoms with Gasteiger partial charge in [-0.1, -0.05) is 0 Å². The minimum atomic E-state index is -3.39. The molecule has 0 amide bonds. The first-order chi connectivity index (χ1) is 6.97. The van der Waals surface area contributed by atoms with Crippen LogP contribution in [0.4, 0.5) is 10.1 Å². The maximum atomic E-state index is 12.6. The van der Waals surface area contributed by atoms with Gasteiger partial charge < -0.3 is 5.73 Å². The van der Waals surface area contributed by atoms with Gasteiger partial charge in [-0.3, -0.25) is 4.31 Å². The lowest BCUT2D eigenvalue weighted by atomic mass is 10.3. The molecule has 0 atom stereocenters. The lowest BCUT2D eigenvalue weighted by Gasteiger charge is -2.18. The number of hydrogen-bond donors (Lipinski definition) is 1. The topological polar surface area (TPSA) is 63.4 Å². The predicted octanol–water partition coefficient (Wildman–Crippen LogP) is 0.550. The van der Waals surface area contributed by atoms with Crippen LogP contribution in [-0.2, 0) is 10.0 Å². The third-order valence-corrected chi connectivity index (χ3v) is 3.78. The summed E-state index contributed by atoms with van der Waals surface area (Å²) in [5.74, 6) is -0.524. The van der Waals surface area contributed by atoms with Crippen molar-refractivity contribution in [3.05, 3.63) is 30.1 Å². The van der Waals surface area contributed by atoms with Crippen molar-refractivity contribution >= 4 is 15.7 Å². The summed E-state index contributed by atoms with van der Waals surface area (Å²) in [5.41, 5.74) is 5.61. The lowest BCUT2D eigenvalue weighted by Crippen LogP contribution is -2.31. The molecule has 6 heteroatoms. The highest BCUT2D eigenvalue weighted by molar-refractivity contribution is 7.92. The first-order valence-electron chi connectivity index (χ1n) is 4.39. The van der Waals surface area contributed by atoms with Gasteiger partial charge in [0.2, 0.25) is 10.0 Å². The summed E-state index contributed by atoms with van der Waals surface area (Å²) < 4.78 is 36.8. The zero-order chi connectivity index (χ0) is 11.5. The molecular weight excluding hydrogens is 219 g/mol. The average molecular weight is 232 g/mol. The number of sulfonamides is 1. The number of rotatable bonds is 4. The summed E-state index contributed by atoms with van der Waals surface area (Å²) >= 11 is 0. The first-order valence-corrected chi connectivity index (χ1v) is 6.00. The fraction of sp³-hybridized carbons (Fsp3) is 0.333. The minimum absolute atomic E-state index is 0.0634. The maximum absolute atomic E-state index is 12.6. The Balaban J connectivity index is 2.94. The molecule has 15 heavy (non-hydrogen) atoms. The third-order valence-electron chi connectivity index (χ3n) is 1.98. The summed E-state index contributed by atoms with van der Waals surface area (Å²) in [6, 6.07) is 5.24. The van der Waals surface area contributed by atoms with E-state index in [9.17, 15) is 12.8 Å². The highest BCUT2D eigenvalue weighted by atomic mass is 32.2. The Morgan fingerprint density at radius 1 is 1.33 bits per heavy atom. The van der Waals surface area contributed by atoms with E-state index in [0.29, 0.717) is 5.69 Å². The largest absolute Gasteiger partial charge is 0.329 e. The molecular formula is C9H13FN2O2S. The van der Waals surface area contributed by atoms with Crippen molar-refractivity contribution < 1.29 is 12.8 Å². The summed E-state index contributed by atoms with van der Waals surface area (Å²) in [4.78, 5) is 0. The fourth-order valence-corrected chi connectivity index (χ4v) is 2.11. The second-order valence-electron chi connectivity index (χ2n) is 3.05. The molecule has 0 unspecified atom stereocenters. The van der Waals surface area contributed by atoms with Crippen molar-refractivity contribution in [3.8, 4) is 0 Å². The van der Waals surface area contributed by atoms with E-state index in [-0.39, 0.29) is 12.3 Å². The third kappa shape index (κ3) is 2.90. The SMILES string of the molecule is CN(c1ccc(F)cc1)S(=O)(=O)CCN. The Bertz CT molecular complexity index is 416. The molecule has 0 aliphatic rings. The van der Waals surface area contributed by atoms with Crippen LogP contribution in [0, 0.1) is 5.82 Å². The molecule has 0 bridgehead atoms. The zero-order valence-electron chi connectivity index (χ0n) is 8.35. The fourth-order valence-electron chi connectivity index (χ4n) is 1.10. The van der Waals surface area contributed by atoms with Crippen LogP contribution in [0.15, 0.2) is 24.3 Å². The highest BCUT2D eigenvalue weighted by Crippen LogP contribution is 2.16. The molecule has 84 valence electrons. The molecule has 4 nitrogen and oxygen atoms in total. The standard InChI is InChI=1S/C9H13FN2O2S/c1-12(15(13,14)7-6-11)9-4-2-8(10)3-5-9/h2-5H,6-7,11H2,1H3. The smallest absolute Gasteiger partial charge is 0.236 e. The second-order valence-corrected chi connectivity index (χ2v) is 5.17. The van der Waals surface area contributed by atoms with Crippen LogP contribution in [0.3, 0.4) is 0 Å². The van der Waals surface area contributed by atoms with Gasteiger partial charge in [0.25, 0.3) is 0 Å². The molecule has 0 spiro atoms. The number of anilines is 1. The van der Waals surface area contributed by atoms with Gasteiger partial charge in [-0.25, -0.2) is 12.8 Å². The van der Waals surface area contributed by atoms with Crippen molar-refractivity contribution in [2.45, 2.75) is 0 Å². The van der Waals surface area contributed by atoms with Crippen LogP contribution in [0.1, 0.15) is 0 Å². The highest BCUT2D eigenvalue weighted by Gasteiger charge is 2.16. The molecule has 0 aliphatic heterocycles. The Labute approximate surface area is 88.6 Å². The van der Waals surface area contributed by atoms with Gasteiger partial charge in [-0.2, -0.15) is 0 Å². The molecule has 0 aliphatic carbocycles. The van der Waals surface area contributed by atoms with Crippen LogP contribution in [-0.4, -0.2) is 27.8 Å². The minimum Gasteiger partial charge on any atom is -0.329 e. The molecule has 0 fully saturated rings.